The number of aromatic nitrogens is 1. The van der Waals surface area contributed by atoms with E-state index in [-0.39, 0.29) is 11.8 Å². The quantitative estimate of drug-likeness (QED) is 0.369. The molecule has 4 aromatic rings. The molecule has 1 N–H and O–H groups in total. The van der Waals surface area contributed by atoms with Gasteiger partial charge in [0, 0.05) is 33.9 Å². The molecular formula is C23H18BrN3O2S2. The van der Waals surface area contributed by atoms with Gasteiger partial charge in [-0.2, -0.15) is 0 Å². The maximum absolute atomic E-state index is 13.0. The summed E-state index contributed by atoms with van der Waals surface area (Å²) < 4.78 is 2.04. The van der Waals surface area contributed by atoms with Crippen LogP contribution < -0.4 is 5.32 Å². The molecule has 0 aliphatic carbocycles. The van der Waals surface area contributed by atoms with Crippen LogP contribution in [0.5, 0.6) is 0 Å². The number of carbonyl (C=O) groups excluding carboxylic acids is 2. The lowest BCUT2D eigenvalue weighted by Gasteiger charge is -2.26. The van der Waals surface area contributed by atoms with Gasteiger partial charge in [-0.15, -0.1) is 22.7 Å². The molecule has 0 atom stereocenters. The molecule has 0 unspecified atom stereocenters. The molecule has 0 radical (unpaired) electrons. The predicted octanol–water partition coefficient (Wildman–Crippen LogP) is 5.94. The van der Waals surface area contributed by atoms with Crippen LogP contribution in [0.25, 0.3) is 20.8 Å². The Balaban J connectivity index is 1.58. The second-order valence-corrected chi connectivity index (χ2v) is 10.4. The van der Waals surface area contributed by atoms with Crippen LogP contribution in [-0.2, 0) is 17.8 Å². The topological polar surface area (TPSA) is 62.3 Å². The first-order chi connectivity index (χ1) is 15.0. The lowest BCUT2D eigenvalue weighted by Crippen LogP contribution is -2.33. The first-order valence-corrected chi connectivity index (χ1v) is 12.2. The van der Waals surface area contributed by atoms with E-state index >= 15 is 0 Å². The summed E-state index contributed by atoms with van der Waals surface area (Å²) in [6.07, 6.45) is 0.755. The number of carbonyl (C=O) groups is 2. The maximum Gasteiger partial charge on any atom is 0.256 e. The van der Waals surface area contributed by atoms with E-state index in [1.54, 1.807) is 41.7 Å². The minimum Gasteiger partial charge on any atom is -0.337 e. The molecule has 0 bridgehead atoms. The van der Waals surface area contributed by atoms with Crippen molar-refractivity contribution in [1.82, 2.24) is 9.88 Å². The molecule has 0 saturated carbocycles. The van der Waals surface area contributed by atoms with Crippen LogP contribution in [-0.4, -0.2) is 28.2 Å². The van der Waals surface area contributed by atoms with E-state index in [4.69, 9.17) is 4.98 Å². The van der Waals surface area contributed by atoms with Crippen LogP contribution in [0, 0.1) is 0 Å². The van der Waals surface area contributed by atoms with E-state index in [0.29, 0.717) is 18.7 Å². The summed E-state index contributed by atoms with van der Waals surface area (Å²) in [5, 5.41) is 4.82. The molecule has 156 valence electrons. The molecule has 0 fully saturated rings. The Hall–Kier alpha value is -2.55. The average molecular weight is 512 g/mol. The predicted molar refractivity (Wildman–Crippen MR) is 130 cm³/mol. The van der Waals surface area contributed by atoms with Gasteiger partial charge in [0.15, 0.2) is 0 Å². The third kappa shape index (κ3) is 3.91. The Bertz CT molecular complexity index is 1280. The third-order valence-corrected chi connectivity index (χ3v) is 8.06. The zero-order valence-corrected chi connectivity index (χ0v) is 19.9. The van der Waals surface area contributed by atoms with E-state index in [1.807, 2.05) is 35.2 Å². The molecule has 0 saturated heterocycles. The molecule has 1 aliphatic rings. The number of anilines is 1. The van der Waals surface area contributed by atoms with Crippen LogP contribution in [0.2, 0.25) is 0 Å². The van der Waals surface area contributed by atoms with Gasteiger partial charge < -0.3 is 10.2 Å². The van der Waals surface area contributed by atoms with E-state index in [1.165, 1.54) is 5.56 Å². The molecule has 2 amide bonds. The number of nitrogens with one attached hydrogen (secondary N) is 1. The molecule has 2 aromatic carbocycles. The highest BCUT2D eigenvalue weighted by Crippen LogP contribution is 2.45. The fourth-order valence-corrected chi connectivity index (χ4v) is 6.38. The second kappa shape index (κ2) is 8.18. The van der Waals surface area contributed by atoms with Gasteiger partial charge in [0.1, 0.15) is 10.0 Å². The number of fused-ring (bicyclic) bond motifs is 2. The van der Waals surface area contributed by atoms with Gasteiger partial charge in [0.25, 0.3) is 5.91 Å². The number of halogens is 1. The summed E-state index contributed by atoms with van der Waals surface area (Å²) in [5.74, 6) is -0.0853. The smallest absolute Gasteiger partial charge is 0.256 e. The fourth-order valence-electron chi connectivity index (χ4n) is 3.74. The normalized spacial score (nSPS) is 13.3. The van der Waals surface area contributed by atoms with Crippen LogP contribution in [0.4, 0.5) is 5.00 Å². The van der Waals surface area contributed by atoms with E-state index in [2.05, 4.69) is 27.3 Å². The van der Waals surface area contributed by atoms with E-state index < -0.39 is 0 Å². The van der Waals surface area contributed by atoms with Crippen molar-refractivity contribution >= 4 is 65.6 Å². The lowest BCUT2D eigenvalue weighted by atomic mass is 10.0. The van der Waals surface area contributed by atoms with Crippen molar-refractivity contribution in [3.63, 3.8) is 0 Å². The number of para-hydroxylation sites is 1. The molecule has 5 nitrogen and oxygen atoms in total. The zero-order valence-electron chi connectivity index (χ0n) is 16.6. The standard InChI is InChI=1S/C23H18BrN3O2S2/c1-13(28)27-11-10-16-19(12-27)31-23(26-21(29)14-6-8-15(24)9-7-14)20(16)22-25-17-4-2-3-5-18(17)30-22/h2-9H,10-12H2,1H3,(H,26,29). The number of thiazole rings is 1. The monoisotopic (exact) mass is 511 g/mol. The highest BCUT2D eigenvalue weighted by Gasteiger charge is 2.28. The fraction of sp³-hybridized carbons (Fsp3) is 0.174. The van der Waals surface area contributed by atoms with Crippen molar-refractivity contribution in [1.29, 1.82) is 0 Å². The van der Waals surface area contributed by atoms with E-state index in [0.717, 1.165) is 41.6 Å². The zero-order chi connectivity index (χ0) is 21.5. The number of rotatable bonds is 3. The molecule has 2 aromatic heterocycles. The summed E-state index contributed by atoms with van der Waals surface area (Å²) >= 11 is 6.58. The van der Waals surface area contributed by atoms with Gasteiger partial charge >= 0.3 is 0 Å². The Morgan fingerprint density at radius 3 is 2.61 bits per heavy atom. The Labute approximate surface area is 195 Å². The van der Waals surface area contributed by atoms with Crippen molar-refractivity contribution in [2.75, 3.05) is 11.9 Å². The minimum atomic E-state index is -0.156. The summed E-state index contributed by atoms with van der Waals surface area (Å²) in [6.45, 7) is 2.85. The number of benzene rings is 2. The van der Waals surface area contributed by atoms with Gasteiger partial charge in [-0.25, -0.2) is 4.98 Å². The first kappa shape index (κ1) is 20.4. The van der Waals surface area contributed by atoms with Gasteiger partial charge in [-0.3, -0.25) is 9.59 Å². The molecule has 8 heteroatoms. The number of hydrogen-bond donors (Lipinski definition) is 1. The Kier molecular flexibility index (Phi) is 5.37. The molecule has 3 heterocycles. The third-order valence-electron chi connectivity index (χ3n) is 5.34. The highest BCUT2D eigenvalue weighted by molar-refractivity contribution is 9.10. The number of nitrogens with zero attached hydrogens (tertiary/aromatic N) is 2. The largest absolute Gasteiger partial charge is 0.337 e. The summed E-state index contributed by atoms with van der Waals surface area (Å²) in [4.78, 5) is 32.7. The van der Waals surface area contributed by atoms with Crippen LogP contribution in [0.1, 0.15) is 27.7 Å². The van der Waals surface area contributed by atoms with Gasteiger partial charge in [-0.1, -0.05) is 28.1 Å². The van der Waals surface area contributed by atoms with Crippen LogP contribution >= 0.6 is 38.6 Å². The molecular weight excluding hydrogens is 494 g/mol. The minimum absolute atomic E-state index is 0.0704. The highest BCUT2D eigenvalue weighted by atomic mass is 79.9. The van der Waals surface area contributed by atoms with Crippen molar-refractivity contribution in [2.24, 2.45) is 0 Å². The van der Waals surface area contributed by atoms with Crippen molar-refractivity contribution in [3.8, 4) is 10.6 Å². The van der Waals surface area contributed by atoms with Crippen LogP contribution in [0.3, 0.4) is 0 Å². The second-order valence-electron chi connectivity index (χ2n) is 7.35. The molecule has 0 spiro atoms. The number of thiophene rings is 1. The maximum atomic E-state index is 13.0. The van der Waals surface area contributed by atoms with Crippen molar-refractivity contribution in [2.45, 2.75) is 19.9 Å². The number of hydrogen-bond acceptors (Lipinski definition) is 5. The average Bonchev–Trinajstić information content (AvgIpc) is 3.33. The van der Waals surface area contributed by atoms with Gasteiger partial charge in [0.05, 0.1) is 16.8 Å². The molecule has 1 aliphatic heterocycles. The first-order valence-electron chi connectivity index (χ1n) is 9.82. The van der Waals surface area contributed by atoms with Gasteiger partial charge in [0.2, 0.25) is 5.91 Å². The number of amides is 2. The van der Waals surface area contributed by atoms with Gasteiger partial charge in [-0.05, 0) is 48.4 Å². The Morgan fingerprint density at radius 2 is 1.87 bits per heavy atom. The SMILES string of the molecule is CC(=O)N1CCc2c(sc(NC(=O)c3ccc(Br)cc3)c2-c2nc3ccccc3s2)C1. The summed E-state index contributed by atoms with van der Waals surface area (Å²) in [6, 6.07) is 15.4. The Morgan fingerprint density at radius 1 is 1.10 bits per heavy atom. The summed E-state index contributed by atoms with van der Waals surface area (Å²) in [7, 11) is 0. The van der Waals surface area contributed by atoms with Crippen molar-refractivity contribution < 1.29 is 9.59 Å². The van der Waals surface area contributed by atoms with Crippen molar-refractivity contribution in [3.05, 3.63) is 69.0 Å². The molecule has 5 rings (SSSR count). The summed E-state index contributed by atoms with van der Waals surface area (Å²) in [5.41, 5.74) is 3.73. The van der Waals surface area contributed by atoms with E-state index in [9.17, 15) is 9.59 Å². The molecule has 31 heavy (non-hydrogen) atoms. The lowest BCUT2D eigenvalue weighted by molar-refractivity contribution is -0.129. The van der Waals surface area contributed by atoms with Crippen LogP contribution in [0.15, 0.2) is 53.0 Å².